The quantitative estimate of drug-likeness (QED) is 0.576. The van der Waals surface area contributed by atoms with E-state index in [-0.39, 0.29) is 0 Å². The molecule has 0 saturated carbocycles. The summed E-state index contributed by atoms with van der Waals surface area (Å²) in [5.74, 6) is 2.02. The fraction of sp³-hybridized carbons (Fsp3) is 0.429. The van der Waals surface area contributed by atoms with Gasteiger partial charge in [-0.3, -0.25) is 4.57 Å². The lowest BCUT2D eigenvalue weighted by molar-refractivity contribution is 0.511. The summed E-state index contributed by atoms with van der Waals surface area (Å²) in [5, 5.41) is 7.64. The highest BCUT2D eigenvalue weighted by atomic mass is 15.4. The maximum absolute atomic E-state index is 4.37. The summed E-state index contributed by atoms with van der Waals surface area (Å²) in [6, 6.07) is 0. The molecule has 0 spiro atoms. The van der Waals surface area contributed by atoms with Crippen molar-refractivity contribution in [2.75, 3.05) is 6.54 Å². The van der Waals surface area contributed by atoms with Crippen LogP contribution < -0.4 is 5.32 Å². The van der Waals surface area contributed by atoms with Crippen LogP contribution in [0.3, 0.4) is 0 Å². The number of nitrogens with zero attached hydrogens (tertiary/aromatic N) is 4. The van der Waals surface area contributed by atoms with Crippen LogP contribution in [0.1, 0.15) is 5.82 Å². The molecule has 5 heteroatoms. The summed E-state index contributed by atoms with van der Waals surface area (Å²) in [4.78, 5) is 4.23. The van der Waals surface area contributed by atoms with E-state index in [0.29, 0.717) is 0 Å². The normalized spacial score (nSPS) is 16.7. The topological polar surface area (TPSA) is 47.2 Å². The Hall–Kier alpha value is -1.36. The highest BCUT2D eigenvalue weighted by Gasteiger charge is 2.14. The minimum atomic E-state index is 0.851. The minimum absolute atomic E-state index is 0.851. The molecular formula is C7H9N5. The minimum Gasteiger partial charge on any atom is -0.308 e. The molecule has 2 aromatic rings. The van der Waals surface area contributed by atoms with Crippen molar-refractivity contribution >= 4 is 5.78 Å². The molecule has 0 saturated heterocycles. The molecule has 0 fully saturated rings. The van der Waals surface area contributed by atoms with Crippen LogP contribution in [0.15, 0.2) is 12.4 Å². The first kappa shape index (κ1) is 6.19. The largest absolute Gasteiger partial charge is 0.308 e. The van der Waals surface area contributed by atoms with Gasteiger partial charge in [0.25, 0.3) is 0 Å². The van der Waals surface area contributed by atoms with Crippen molar-refractivity contribution in [1.82, 2.24) is 24.5 Å². The highest BCUT2D eigenvalue weighted by molar-refractivity contribution is 5.29. The monoisotopic (exact) mass is 163 g/mol. The molecule has 1 N–H and O–H groups in total. The van der Waals surface area contributed by atoms with Crippen molar-refractivity contribution in [1.29, 1.82) is 0 Å². The van der Waals surface area contributed by atoms with Crippen molar-refractivity contribution in [3.63, 3.8) is 0 Å². The molecule has 2 aromatic heterocycles. The van der Waals surface area contributed by atoms with Crippen LogP contribution >= 0.6 is 0 Å². The third-order valence-electron chi connectivity index (χ3n) is 2.17. The summed E-state index contributed by atoms with van der Waals surface area (Å²) in [6.45, 7) is 2.82. The van der Waals surface area contributed by atoms with Crippen LogP contribution in [-0.4, -0.2) is 25.7 Å². The Morgan fingerprint density at radius 2 is 2.50 bits per heavy atom. The third kappa shape index (κ3) is 0.660. The van der Waals surface area contributed by atoms with E-state index in [1.807, 2.05) is 10.7 Å². The first-order chi connectivity index (χ1) is 5.95. The van der Waals surface area contributed by atoms with Gasteiger partial charge in [-0.1, -0.05) is 0 Å². The summed E-state index contributed by atoms with van der Waals surface area (Å²) >= 11 is 0. The molecule has 0 amide bonds. The lowest BCUT2D eigenvalue weighted by Crippen LogP contribution is -2.28. The van der Waals surface area contributed by atoms with Crippen molar-refractivity contribution in [3.05, 3.63) is 18.2 Å². The highest BCUT2D eigenvalue weighted by Crippen LogP contribution is 2.07. The van der Waals surface area contributed by atoms with Gasteiger partial charge < -0.3 is 5.32 Å². The smallest absolute Gasteiger partial charge is 0.232 e. The van der Waals surface area contributed by atoms with Gasteiger partial charge in [0.05, 0.1) is 12.7 Å². The number of nitrogens with one attached hydrogen (secondary N) is 1. The van der Waals surface area contributed by atoms with E-state index in [4.69, 9.17) is 0 Å². The summed E-state index contributed by atoms with van der Waals surface area (Å²) in [7, 11) is 0. The molecule has 12 heavy (non-hydrogen) atoms. The maximum Gasteiger partial charge on any atom is 0.232 e. The van der Waals surface area contributed by atoms with Crippen molar-refractivity contribution < 1.29 is 0 Å². The Kier molecular flexibility index (Phi) is 1.07. The molecule has 0 unspecified atom stereocenters. The van der Waals surface area contributed by atoms with Gasteiger partial charge in [0.15, 0.2) is 0 Å². The van der Waals surface area contributed by atoms with Gasteiger partial charge in [-0.2, -0.15) is 5.10 Å². The van der Waals surface area contributed by atoms with E-state index in [2.05, 4.69) is 20.0 Å². The van der Waals surface area contributed by atoms with Gasteiger partial charge >= 0.3 is 0 Å². The Bertz CT molecular complexity index is 412. The predicted octanol–water partition coefficient (Wildman–Crippen LogP) is -0.366. The lowest BCUT2D eigenvalue weighted by Gasteiger charge is -2.13. The van der Waals surface area contributed by atoms with E-state index in [0.717, 1.165) is 31.2 Å². The van der Waals surface area contributed by atoms with Crippen LogP contribution in [0.2, 0.25) is 0 Å². The Morgan fingerprint density at radius 3 is 3.50 bits per heavy atom. The first-order valence-corrected chi connectivity index (χ1v) is 4.04. The molecule has 3 heterocycles. The van der Waals surface area contributed by atoms with Crippen LogP contribution in [0.5, 0.6) is 0 Å². The number of rotatable bonds is 0. The molecule has 0 bridgehead atoms. The number of hydrogen-bond donors (Lipinski definition) is 1. The second-order valence-corrected chi connectivity index (χ2v) is 2.92. The Balaban J connectivity index is 2.34. The third-order valence-corrected chi connectivity index (χ3v) is 2.17. The van der Waals surface area contributed by atoms with E-state index in [1.54, 1.807) is 6.20 Å². The average molecular weight is 163 g/mol. The van der Waals surface area contributed by atoms with Crippen molar-refractivity contribution in [2.24, 2.45) is 0 Å². The zero-order valence-electron chi connectivity index (χ0n) is 6.56. The van der Waals surface area contributed by atoms with E-state index >= 15 is 0 Å². The Labute approximate surface area is 69.0 Å². The van der Waals surface area contributed by atoms with Gasteiger partial charge in [0, 0.05) is 19.3 Å². The fourth-order valence-electron chi connectivity index (χ4n) is 1.61. The van der Waals surface area contributed by atoms with E-state index in [9.17, 15) is 0 Å². The van der Waals surface area contributed by atoms with Crippen LogP contribution in [-0.2, 0) is 13.1 Å². The molecule has 1 aliphatic heterocycles. The number of imidazole rings is 1. The van der Waals surface area contributed by atoms with Crippen LogP contribution in [0, 0.1) is 0 Å². The molecule has 0 radical (unpaired) electrons. The van der Waals surface area contributed by atoms with Crippen molar-refractivity contribution in [3.8, 4) is 0 Å². The van der Waals surface area contributed by atoms with Gasteiger partial charge in [0.2, 0.25) is 5.78 Å². The molecule has 5 nitrogen and oxygen atoms in total. The van der Waals surface area contributed by atoms with E-state index < -0.39 is 0 Å². The second kappa shape index (κ2) is 2.07. The second-order valence-electron chi connectivity index (χ2n) is 2.92. The first-order valence-electron chi connectivity index (χ1n) is 4.04. The zero-order valence-corrected chi connectivity index (χ0v) is 6.56. The molecular weight excluding hydrogens is 154 g/mol. The van der Waals surface area contributed by atoms with Crippen LogP contribution in [0.4, 0.5) is 0 Å². The lowest BCUT2D eigenvalue weighted by atomic mass is 10.4. The van der Waals surface area contributed by atoms with Gasteiger partial charge in [-0.15, -0.1) is 0 Å². The summed E-state index contributed by atoms with van der Waals surface area (Å²) < 4.78 is 3.97. The van der Waals surface area contributed by atoms with Gasteiger partial charge in [-0.25, -0.2) is 9.50 Å². The maximum atomic E-state index is 4.37. The van der Waals surface area contributed by atoms with Crippen molar-refractivity contribution in [2.45, 2.75) is 13.1 Å². The molecule has 0 aromatic carbocycles. The summed E-state index contributed by atoms with van der Waals surface area (Å²) in [6.07, 6.45) is 3.65. The standard InChI is InChI=1S/C7H9N5/c1-3-11-6(5-8-1)10-12-4-2-9-7(11)12/h2,4,8H,1,3,5H2. The number of fused-ring (bicyclic) bond motifs is 3. The number of aromatic nitrogens is 4. The van der Waals surface area contributed by atoms with E-state index in [1.165, 1.54) is 0 Å². The van der Waals surface area contributed by atoms with Crippen LogP contribution in [0.25, 0.3) is 5.78 Å². The average Bonchev–Trinajstić information content (AvgIpc) is 2.62. The Morgan fingerprint density at radius 1 is 1.50 bits per heavy atom. The predicted molar refractivity (Wildman–Crippen MR) is 42.7 cm³/mol. The zero-order chi connectivity index (χ0) is 7.97. The summed E-state index contributed by atoms with van der Waals surface area (Å²) in [5.41, 5.74) is 0. The SMILES string of the molecule is c1cn2nc3n(c2n1)CCNC3. The molecule has 0 atom stereocenters. The molecule has 1 aliphatic rings. The molecule has 0 aliphatic carbocycles. The molecule has 62 valence electrons. The van der Waals surface area contributed by atoms with Gasteiger partial charge in [0.1, 0.15) is 5.82 Å². The number of hydrogen-bond acceptors (Lipinski definition) is 3. The van der Waals surface area contributed by atoms with Gasteiger partial charge in [-0.05, 0) is 0 Å². The molecule has 3 rings (SSSR count). The fourth-order valence-corrected chi connectivity index (χ4v) is 1.61.